The number of nitrogens with zero attached hydrogens (tertiary/aromatic N) is 1. The molecule has 5 heteroatoms. The number of rotatable bonds is 4. The molecular weight excluding hydrogens is 236 g/mol. The van der Waals surface area contributed by atoms with E-state index < -0.39 is 0 Å². The topological polar surface area (TPSA) is 41.6 Å². The molecule has 0 saturated carbocycles. The molecule has 0 spiro atoms. The van der Waals surface area contributed by atoms with Gasteiger partial charge < -0.3 is 15.0 Å². The largest absolute Gasteiger partial charge is 0.375 e. The van der Waals surface area contributed by atoms with E-state index in [9.17, 15) is 4.79 Å². The van der Waals surface area contributed by atoms with E-state index in [2.05, 4.69) is 5.32 Å². The van der Waals surface area contributed by atoms with Crippen molar-refractivity contribution in [2.45, 2.75) is 31.3 Å². The average molecular weight is 258 g/mol. The Morgan fingerprint density at radius 3 is 2.71 bits per heavy atom. The molecule has 2 aliphatic heterocycles. The van der Waals surface area contributed by atoms with Crippen LogP contribution in [0.1, 0.15) is 19.3 Å². The van der Waals surface area contributed by atoms with Crippen LogP contribution in [0.25, 0.3) is 0 Å². The lowest BCUT2D eigenvalue weighted by Crippen LogP contribution is -2.48. The Kier molecular flexibility index (Phi) is 5.13. The number of piperidine rings is 1. The van der Waals surface area contributed by atoms with Crippen molar-refractivity contribution in [3.8, 4) is 0 Å². The Bertz CT molecular complexity index is 249. The van der Waals surface area contributed by atoms with Gasteiger partial charge in [0.2, 0.25) is 5.91 Å². The first-order valence-electron chi connectivity index (χ1n) is 6.40. The SMILES string of the molecule is COCC(=O)N1CCC(NC2CCSC2)CC1. The number of hydrogen-bond donors (Lipinski definition) is 1. The zero-order valence-electron chi connectivity index (χ0n) is 10.5. The van der Waals surface area contributed by atoms with Gasteiger partial charge in [0.15, 0.2) is 0 Å². The van der Waals surface area contributed by atoms with Crippen molar-refractivity contribution in [1.82, 2.24) is 10.2 Å². The van der Waals surface area contributed by atoms with Crippen LogP contribution in [0.2, 0.25) is 0 Å². The maximum Gasteiger partial charge on any atom is 0.248 e. The molecule has 2 rings (SSSR count). The summed E-state index contributed by atoms with van der Waals surface area (Å²) in [6, 6.07) is 1.30. The normalized spacial score (nSPS) is 26.4. The summed E-state index contributed by atoms with van der Waals surface area (Å²) in [5, 5.41) is 3.72. The van der Waals surface area contributed by atoms with Gasteiger partial charge in [0, 0.05) is 38.0 Å². The van der Waals surface area contributed by atoms with Gasteiger partial charge in [0.05, 0.1) is 0 Å². The van der Waals surface area contributed by atoms with Gasteiger partial charge in [-0.15, -0.1) is 0 Å². The van der Waals surface area contributed by atoms with Crippen molar-refractivity contribution in [2.75, 3.05) is 38.3 Å². The minimum atomic E-state index is 0.127. The zero-order valence-corrected chi connectivity index (χ0v) is 11.3. The summed E-state index contributed by atoms with van der Waals surface area (Å²) in [6.45, 7) is 1.97. The van der Waals surface area contributed by atoms with Crippen molar-refractivity contribution in [2.24, 2.45) is 0 Å². The molecule has 0 bridgehead atoms. The Balaban J connectivity index is 1.68. The lowest BCUT2D eigenvalue weighted by atomic mass is 10.0. The molecule has 1 unspecified atom stereocenters. The summed E-state index contributed by atoms with van der Waals surface area (Å²) in [7, 11) is 1.57. The van der Waals surface area contributed by atoms with E-state index >= 15 is 0 Å². The summed E-state index contributed by atoms with van der Waals surface area (Å²) >= 11 is 2.04. The van der Waals surface area contributed by atoms with Gasteiger partial charge >= 0.3 is 0 Å². The monoisotopic (exact) mass is 258 g/mol. The maximum absolute atomic E-state index is 11.6. The summed E-state index contributed by atoms with van der Waals surface area (Å²) in [5.74, 6) is 2.67. The second-order valence-electron chi connectivity index (χ2n) is 4.82. The van der Waals surface area contributed by atoms with E-state index in [1.807, 2.05) is 16.7 Å². The zero-order chi connectivity index (χ0) is 12.1. The lowest BCUT2D eigenvalue weighted by molar-refractivity contribution is -0.136. The highest BCUT2D eigenvalue weighted by Gasteiger charge is 2.25. The van der Waals surface area contributed by atoms with E-state index in [0.717, 1.165) is 25.9 Å². The second-order valence-corrected chi connectivity index (χ2v) is 5.97. The molecule has 1 amide bonds. The molecule has 0 aromatic rings. The average Bonchev–Trinajstić information content (AvgIpc) is 2.83. The first-order valence-corrected chi connectivity index (χ1v) is 7.55. The van der Waals surface area contributed by atoms with Crippen LogP contribution in [0.3, 0.4) is 0 Å². The highest BCUT2D eigenvalue weighted by atomic mass is 32.2. The number of hydrogen-bond acceptors (Lipinski definition) is 4. The number of carbonyl (C=O) groups excluding carboxylic acids is 1. The van der Waals surface area contributed by atoms with Crippen LogP contribution >= 0.6 is 11.8 Å². The van der Waals surface area contributed by atoms with Crippen molar-refractivity contribution in [1.29, 1.82) is 0 Å². The molecule has 1 atom stereocenters. The fourth-order valence-electron chi connectivity index (χ4n) is 2.51. The molecule has 2 saturated heterocycles. The number of likely N-dealkylation sites (tertiary alicyclic amines) is 1. The first-order chi connectivity index (χ1) is 8.29. The Hall–Kier alpha value is -0.260. The lowest BCUT2D eigenvalue weighted by Gasteiger charge is -2.33. The van der Waals surface area contributed by atoms with E-state index in [1.54, 1.807) is 7.11 Å². The predicted octanol–water partition coefficient (Wildman–Crippen LogP) is 0.719. The third-order valence-electron chi connectivity index (χ3n) is 3.52. The highest BCUT2D eigenvalue weighted by molar-refractivity contribution is 7.99. The molecule has 2 aliphatic rings. The first kappa shape index (κ1) is 13.2. The molecule has 2 fully saturated rings. The fourth-order valence-corrected chi connectivity index (χ4v) is 3.67. The van der Waals surface area contributed by atoms with Crippen molar-refractivity contribution < 1.29 is 9.53 Å². The Morgan fingerprint density at radius 1 is 1.35 bits per heavy atom. The van der Waals surface area contributed by atoms with E-state index in [1.165, 1.54) is 17.9 Å². The quantitative estimate of drug-likeness (QED) is 0.807. The third kappa shape index (κ3) is 3.86. The smallest absolute Gasteiger partial charge is 0.248 e. The van der Waals surface area contributed by atoms with Crippen LogP contribution in [-0.2, 0) is 9.53 Å². The summed E-state index contributed by atoms with van der Waals surface area (Å²) in [6.07, 6.45) is 3.46. The van der Waals surface area contributed by atoms with Crippen molar-refractivity contribution in [3.05, 3.63) is 0 Å². The van der Waals surface area contributed by atoms with Crippen LogP contribution in [0.4, 0.5) is 0 Å². The fraction of sp³-hybridized carbons (Fsp3) is 0.917. The molecule has 0 aromatic heterocycles. The number of nitrogens with one attached hydrogen (secondary N) is 1. The number of methoxy groups -OCH3 is 1. The van der Waals surface area contributed by atoms with Crippen LogP contribution in [-0.4, -0.2) is 61.2 Å². The maximum atomic E-state index is 11.6. The van der Waals surface area contributed by atoms with Gasteiger partial charge in [0.25, 0.3) is 0 Å². The van der Waals surface area contributed by atoms with Crippen LogP contribution in [0.15, 0.2) is 0 Å². The van der Waals surface area contributed by atoms with E-state index in [0.29, 0.717) is 12.1 Å². The third-order valence-corrected chi connectivity index (χ3v) is 4.68. The summed E-state index contributed by atoms with van der Waals surface area (Å²) in [5.41, 5.74) is 0. The van der Waals surface area contributed by atoms with Crippen LogP contribution in [0.5, 0.6) is 0 Å². The van der Waals surface area contributed by atoms with E-state index in [4.69, 9.17) is 4.74 Å². The Labute approximate surface area is 107 Å². The van der Waals surface area contributed by atoms with Gasteiger partial charge in [-0.3, -0.25) is 4.79 Å². The van der Waals surface area contributed by atoms with Gasteiger partial charge in [-0.2, -0.15) is 11.8 Å². The highest BCUT2D eigenvalue weighted by Crippen LogP contribution is 2.19. The Morgan fingerprint density at radius 2 is 2.12 bits per heavy atom. The number of thioether (sulfide) groups is 1. The summed E-state index contributed by atoms with van der Waals surface area (Å²) in [4.78, 5) is 13.5. The van der Waals surface area contributed by atoms with Gasteiger partial charge in [0.1, 0.15) is 6.61 Å². The molecule has 0 aromatic carbocycles. The standard InChI is InChI=1S/C12H22N2O2S/c1-16-8-12(15)14-5-2-10(3-6-14)13-11-4-7-17-9-11/h10-11,13H,2-9H2,1H3. The van der Waals surface area contributed by atoms with E-state index in [-0.39, 0.29) is 12.5 Å². The number of ether oxygens (including phenoxy) is 1. The number of amides is 1. The molecular formula is C12H22N2O2S. The second kappa shape index (κ2) is 6.61. The molecule has 4 nitrogen and oxygen atoms in total. The van der Waals surface area contributed by atoms with Gasteiger partial charge in [-0.25, -0.2) is 0 Å². The van der Waals surface area contributed by atoms with Crippen molar-refractivity contribution in [3.63, 3.8) is 0 Å². The minimum Gasteiger partial charge on any atom is -0.375 e. The molecule has 2 heterocycles. The molecule has 0 radical (unpaired) electrons. The minimum absolute atomic E-state index is 0.127. The van der Waals surface area contributed by atoms with Crippen molar-refractivity contribution >= 4 is 17.7 Å². The van der Waals surface area contributed by atoms with Crippen LogP contribution in [0, 0.1) is 0 Å². The molecule has 17 heavy (non-hydrogen) atoms. The molecule has 0 aliphatic carbocycles. The molecule has 1 N–H and O–H groups in total. The molecule has 98 valence electrons. The van der Waals surface area contributed by atoms with Gasteiger partial charge in [-0.1, -0.05) is 0 Å². The number of carbonyl (C=O) groups is 1. The van der Waals surface area contributed by atoms with Gasteiger partial charge in [-0.05, 0) is 25.0 Å². The summed E-state index contributed by atoms with van der Waals surface area (Å²) < 4.78 is 4.88. The predicted molar refractivity (Wildman–Crippen MR) is 70.3 cm³/mol. The van der Waals surface area contributed by atoms with Crippen LogP contribution < -0.4 is 5.32 Å².